The summed E-state index contributed by atoms with van der Waals surface area (Å²) in [6.07, 6.45) is 25.0. The van der Waals surface area contributed by atoms with Crippen LogP contribution in [0.3, 0.4) is 0 Å². The van der Waals surface area contributed by atoms with E-state index in [9.17, 15) is 0 Å². The standard InChI is InChI=1S/C20H40.2Li/c1-3-5-7-9-11-13-15-17-19-20-18-16-14-12-10-8-6-4-2;;/h7H,1,3-6,8-20H2,2H3;;. The molecule has 22 heavy (non-hydrogen) atoms. The van der Waals surface area contributed by atoms with Gasteiger partial charge in [0.25, 0.3) is 0 Å². The van der Waals surface area contributed by atoms with Gasteiger partial charge in [-0.05, 0) is 0 Å². The van der Waals surface area contributed by atoms with Gasteiger partial charge >= 0.3 is 129 Å². The molecule has 0 aliphatic rings. The molecule has 1 unspecified atom stereocenters. The first-order valence-corrected chi connectivity index (χ1v) is 10.8. The maximum absolute atomic E-state index is 2.44. The Morgan fingerprint density at radius 2 is 0.909 bits per heavy atom. The molecule has 0 amide bonds. The zero-order chi connectivity index (χ0) is 16.3. The first kappa shape index (κ1) is 23.2. The molecule has 122 valence electrons. The maximum atomic E-state index is 2.44. The van der Waals surface area contributed by atoms with E-state index in [0.29, 0.717) is 0 Å². The van der Waals surface area contributed by atoms with Crippen LogP contribution < -0.4 is 0 Å². The Morgan fingerprint density at radius 3 is 1.32 bits per heavy atom. The van der Waals surface area contributed by atoms with Crippen molar-refractivity contribution < 1.29 is 0 Å². The van der Waals surface area contributed by atoms with Crippen LogP contribution in [0.2, 0.25) is 9.68 Å². The number of hydrogen-bond donors (Lipinski definition) is 0. The van der Waals surface area contributed by atoms with Crippen LogP contribution in [0.1, 0.15) is 116 Å². The summed E-state index contributed by atoms with van der Waals surface area (Å²) in [5.41, 5.74) is 0. The van der Waals surface area contributed by atoms with Crippen LogP contribution in [0.5, 0.6) is 0 Å². The van der Waals surface area contributed by atoms with Crippen molar-refractivity contribution in [1.29, 1.82) is 0 Å². The van der Waals surface area contributed by atoms with Crippen molar-refractivity contribution in [3.05, 3.63) is 0 Å². The molecule has 0 aliphatic heterocycles. The molecular formula is C20H40Li2. The second-order valence-electron chi connectivity index (χ2n) is 7.63. The fourth-order valence-electron chi connectivity index (χ4n) is 3.38. The van der Waals surface area contributed by atoms with Gasteiger partial charge in [-0.2, -0.15) is 0 Å². The first-order valence-electron chi connectivity index (χ1n) is 10.8. The van der Waals surface area contributed by atoms with Crippen molar-refractivity contribution in [1.82, 2.24) is 0 Å². The Kier molecular flexibility index (Phi) is 21.3. The van der Waals surface area contributed by atoms with Crippen LogP contribution in [0.25, 0.3) is 0 Å². The van der Waals surface area contributed by atoms with E-state index in [1.165, 1.54) is 114 Å². The molecule has 0 saturated carbocycles. The molecule has 1 atom stereocenters. The molecule has 0 radical (unpaired) electrons. The third-order valence-corrected chi connectivity index (χ3v) is 5.10. The summed E-state index contributed by atoms with van der Waals surface area (Å²) in [5, 5.41) is 1.36. The van der Waals surface area contributed by atoms with Gasteiger partial charge in [0.05, 0.1) is 0 Å². The monoisotopic (exact) mass is 294 g/mol. The van der Waals surface area contributed by atoms with Crippen LogP contribution in [0.15, 0.2) is 0 Å². The van der Waals surface area contributed by atoms with Gasteiger partial charge in [0, 0.05) is 0 Å². The van der Waals surface area contributed by atoms with E-state index in [2.05, 4.69) is 42.4 Å². The predicted octanol–water partition coefficient (Wildman–Crippen LogP) is 7.18. The third kappa shape index (κ3) is 19.2. The molecule has 0 spiro atoms. The summed E-state index contributed by atoms with van der Waals surface area (Å²) in [7, 11) is 0. The quantitative estimate of drug-likeness (QED) is 0.185. The van der Waals surface area contributed by atoms with E-state index in [0.717, 1.165) is 4.59 Å². The van der Waals surface area contributed by atoms with E-state index in [4.69, 9.17) is 0 Å². The number of hydrogen-bond acceptors (Lipinski definition) is 0. The zero-order valence-corrected chi connectivity index (χ0v) is 16.3. The fraction of sp³-hybridized carbons (Fsp3) is 1.00. The minimum absolute atomic E-state index is 0.970. The summed E-state index contributed by atoms with van der Waals surface area (Å²) in [6, 6.07) is 0. The zero-order valence-electron chi connectivity index (χ0n) is 16.3. The molecule has 0 fully saturated rings. The van der Waals surface area contributed by atoms with Crippen molar-refractivity contribution in [3.63, 3.8) is 0 Å². The molecule has 2 heteroatoms. The summed E-state index contributed by atoms with van der Waals surface area (Å²) >= 11 is 4.75. The second-order valence-corrected chi connectivity index (χ2v) is 7.63. The third-order valence-electron chi connectivity index (χ3n) is 5.10. The van der Waals surface area contributed by atoms with E-state index < -0.39 is 0 Å². The van der Waals surface area contributed by atoms with Crippen LogP contribution in [0.4, 0.5) is 0 Å². The van der Waals surface area contributed by atoms with Gasteiger partial charge in [0.2, 0.25) is 0 Å². The first-order chi connectivity index (χ1) is 10.8. The second kappa shape index (κ2) is 20.2. The summed E-state index contributed by atoms with van der Waals surface area (Å²) in [5.74, 6) is 0. The summed E-state index contributed by atoms with van der Waals surface area (Å²) in [4.78, 5) is 0. The molecule has 0 aromatic heterocycles. The molecule has 0 heterocycles. The fourth-order valence-corrected chi connectivity index (χ4v) is 3.38. The van der Waals surface area contributed by atoms with Crippen molar-refractivity contribution in [2.24, 2.45) is 0 Å². The van der Waals surface area contributed by atoms with Gasteiger partial charge in [0.1, 0.15) is 0 Å². The van der Waals surface area contributed by atoms with Gasteiger partial charge in [0.15, 0.2) is 0 Å². The SMILES string of the molecule is [Li][CH2]CC[CH]([Li])CCCCCCCCCCCCCCCC. The Balaban J connectivity index is 3.02. The molecular weight excluding hydrogens is 254 g/mol. The topological polar surface area (TPSA) is 0 Å². The molecule has 0 rings (SSSR count). The minimum atomic E-state index is 0.970. The van der Waals surface area contributed by atoms with Crippen molar-refractivity contribution in [3.8, 4) is 0 Å². The minimum Gasteiger partial charge on any atom is -0.0654 e. The Hall–Kier alpha value is 1.19. The van der Waals surface area contributed by atoms with E-state index in [1.54, 1.807) is 0 Å². The molecule has 0 saturated heterocycles. The van der Waals surface area contributed by atoms with Crippen LogP contribution in [0, 0.1) is 0 Å². The van der Waals surface area contributed by atoms with Crippen LogP contribution >= 0.6 is 0 Å². The Morgan fingerprint density at radius 1 is 0.545 bits per heavy atom. The van der Waals surface area contributed by atoms with Gasteiger partial charge in [-0.1, -0.05) is 32.6 Å². The van der Waals surface area contributed by atoms with Crippen LogP contribution in [-0.2, 0) is 0 Å². The predicted molar refractivity (Wildman–Crippen MR) is 104 cm³/mol. The number of unbranched alkanes of at least 4 members (excludes halogenated alkanes) is 13. The molecule has 0 aliphatic carbocycles. The normalized spacial score (nSPS) is 12.8. The van der Waals surface area contributed by atoms with E-state index in [1.807, 2.05) is 0 Å². The van der Waals surface area contributed by atoms with Crippen LogP contribution in [-0.4, -0.2) is 35.4 Å². The van der Waals surface area contributed by atoms with Crippen molar-refractivity contribution in [2.75, 3.05) is 0 Å². The average molecular weight is 294 g/mol. The van der Waals surface area contributed by atoms with Crippen molar-refractivity contribution >= 4 is 35.4 Å². The Labute approximate surface area is 160 Å². The van der Waals surface area contributed by atoms with Crippen molar-refractivity contribution in [2.45, 2.75) is 126 Å². The summed E-state index contributed by atoms with van der Waals surface area (Å²) in [6.45, 7) is 2.30. The van der Waals surface area contributed by atoms with E-state index >= 15 is 0 Å². The summed E-state index contributed by atoms with van der Waals surface area (Å²) < 4.78 is 0.970. The average Bonchev–Trinajstić information content (AvgIpc) is 2.53. The van der Waals surface area contributed by atoms with Gasteiger partial charge in [-0.15, -0.1) is 0 Å². The molecule has 0 N–H and O–H groups in total. The molecule has 0 aromatic rings. The Bertz CT molecular complexity index is 194. The molecule has 0 nitrogen and oxygen atoms in total. The van der Waals surface area contributed by atoms with Gasteiger partial charge in [-0.3, -0.25) is 0 Å². The molecule has 0 aromatic carbocycles. The van der Waals surface area contributed by atoms with E-state index in [-0.39, 0.29) is 0 Å². The molecule has 0 bridgehead atoms. The van der Waals surface area contributed by atoms with Gasteiger partial charge < -0.3 is 0 Å². The van der Waals surface area contributed by atoms with Gasteiger partial charge in [-0.25, -0.2) is 0 Å². The smallest absolute Gasteiger partial charge is 0.0654 e. The number of rotatable bonds is 18.